The van der Waals surface area contributed by atoms with Crippen molar-refractivity contribution in [1.82, 2.24) is 0 Å². The zero-order valence-corrected chi connectivity index (χ0v) is 8.93. The highest BCUT2D eigenvalue weighted by Crippen LogP contribution is 2.37. The number of ether oxygens (including phenoxy) is 2. The molecule has 3 rings (SSSR count). The molecule has 2 fully saturated rings. The number of benzene rings is 1. The second-order valence-electron chi connectivity index (χ2n) is 4.52. The zero-order chi connectivity index (χ0) is 10.3. The minimum atomic E-state index is 0.330. The van der Waals surface area contributed by atoms with Gasteiger partial charge in [-0.3, -0.25) is 0 Å². The molecule has 0 amide bonds. The standard InChI is InChI=1S/C13H16O2/c1-9(10-5-3-2-4-6-10)11-7-12-13(15-12)8-14-11/h2-6,9,11-13H,7-8H2,1H3/t9-,11+,12?,13+/m0/s1. The van der Waals surface area contributed by atoms with Gasteiger partial charge in [0.25, 0.3) is 0 Å². The lowest BCUT2D eigenvalue weighted by atomic mass is 9.91. The molecule has 4 atom stereocenters. The van der Waals surface area contributed by atoms with Crippen molar-refractivity contribution < 1.29 is 9.47 Å². The molecule has 0 radical (unpaired) electrons. The molecule has 0 bridgehead atoms. The molecule has 2 nitrogen and oxygen atoms in total. The van der Waals surface area contributed by atoms with Gasteiger partial charge in [0, 0.05) is 12.3 Å². The summed E-state index contributed by atoms with van der Waals surface area (Å²) in [7, 11) is 0. The Morgan fingerprint density at radius 2 is 2.00 bits per heavy atom. The van der Waals surface area contributed by atoms with Gasteiger partial charge in [0.1, 0.15) is 6.10 Å². The van der Waals surface area contributed by atoms with Gasteiger partial charge in [-0.15, -0.1) is 0 Å². The van der Waals surface area contributed by atoms with E-state index in [0.717, 1.165) is 13.0 Å². The molecule has 0 aliphatic carbocycles. The summed E-state index contributed by atoms with van der Waals surface area (Å²) in [6.45, 7) is 3.02. The fourth-order valence-corrected chi connectivity index (χ4v) is 2.37. The summed E-state index contributed by atoms with van der Waals surface area (Å²) >= 11 is 0. The van der Waals surface area contributed by atoms with Gasteiger partial charge in [0.15, 0.2) is 0 Å². The molecule has 2 aliphatic rings. The predicted octanol–water partition coefficient (Wildman–Crippen LogP) is 2.35. The number of fused-ring (bicyclic) bond motifs is 1. The largest absolute Gasteiger partial charge is 0.375 e. The van der Waals surface area contributed by atoms with Crippen molar-refractivity contribution in [3.63, 3.8) is 0 Å². The number of rotatable bonds is 2. The minimum Gasteiger partial charge on any atom is -0.375 e. The van der Waals surface area contributed by atoms with Crippen LogP contribution in [0.5, 0.6) is 0 Å². The molecule has 1 unspecified atom stereocenters. The fourth-order valence-electron chi connectivity index (χ4n) is 2.37. The van der Waals surface area contributed by atoms with Crippen molar-refractivity contribution in [3.05, 3.63) is 35.9 Å². The summed E-state index contributed by atoms with van der Waals surface area (Å²) in [4.78, 5) is 0. The minimum absolute atomic E-state index is 0.330. The Hall–Kier alpha value is -0.860. The van der Waals surface area contributed by atoms with Crippen molar-refractivity contribution in [2.24, 2.45) is 0 Å². The second-order valence-corrected chi connectivity index (χ2v) is 4.52. The third-order valence-electron chi connectivity index (χ3n) is 3.51. The van der Waals surface area contributed by atoms with E-state index in [1.807, 2.05) is 0 Å². The first-order chi connectivity index (χ1) is 7.34. The summed E-state index contributed by atoms with van der Waals surface area (Å²) in [6.07, 6.45) is 2.27. The van der Waals surface area contributed by atoms with Crippen LogP contribution in [-0.2, 0) is 9.47 Å². The first kappa shape index (κ1) is 9.37. The third-order valence-corrected chi connectivity index (χ3v) is 3.51. The molecule has 0 N–H and O–H groups in total. The normalized spacial score (nSPS) is 35.7. The zero-order valence-electron chi connectivity index (χ0n) is 8.93. The lowest BCUT2D eigenvalue weighted by molar-refractivity contribution is 0.0156. The first-order valence-corrected chi connectivity index (χ1v) is 5.66. The predicted molar refractivity (Wildman–Crippen MR) is 57.9 cm³/mol. The van der Waals surface area contributed by atoms with Crippen molar-refractivity contribution in [2.75, 3.05) is 6.61 Å². The monoisotopic (exact) mass is 204 g/mol. The van der Waals surface area contributed by atoms with Crippen LogP contribution in [0.3, 0.4) is 0 Å². The van der Waals surface area contributed by atoms with Crippen LogP contribution in [0.25, 0.3) is 0 Å². The van der Waals surface area contributed by atoms with Crippen LogP contribution in [0.2, 0.25) is 0 Å². The van der Waals surface area contributed by atoms with Crippen LogP contribution >= 0.6 is 0 Å². The van der Waals surface area contributed by atoms with Crippen LogP contribution in [0, 0.1) is 0 Å². The van der Waals surface area contributed by atoms with Crippen molar-refractivity contribution in [2.45, 2.75) is 37.6 Å². The Morgan fingerprint density at radius 3 is 2.73 bits per heavy atom. The average molecular weight is 204 g/mol. The topological polar surface area (TPSA) is 21.8 Å². The first-order valence-electron chi connectivity index (χ1n) is 5.66. The summed E-state index contributed by atoms with van der Waals surface area (Å²) in [6, 6.07) is 10.6. The Kier molecular flexibility index (Phi) is 2.26. The molecule has 1 aromatic rings. The molecule has 2 heteroatoms. The molecular formula is C13H16O2. The summed E-state index contributed by atoms with van der Waals surface area (Å²) < 4.78 is 11.3. The van der Waals surface area contributed by atoms with E-state index < -0.39 is 0 Å². The van der Waals surface area contributed by atoms with Gasteiger partial charge in [-0.05, 0) is 5.56 Å². The van der Waals surface area contributed by atoms with Crippen LogP contribution < -0.4 is 0 Å². The lowest BCUT2D eigenvalue weighted by Gasteiger charge is -2.26. The van der Waals surface area contributed by atoms with Crippen molar-refractivity contribution >= 4 is 0 Å². The van der Waals surface area contributed by atoms with E-state index in [4.69, 9.17) is 9.47 Å². The van der Waals surface area contributed by atoms with Gasteiger partial charge >= 0.3 is 0 Å². The van der Waals surface area contributed by atoms with E-state index in [1.54, 1.807) is 0 Å². The quantitative estimate of drug-likeness (QED) is 0.690. The molecule has 2 saturated heterocycles. The lowest BCUT2D eigenvalue weighted by Crippen LogP contribution is -2.29. The highest BCUT2D eigenvalue weighted by atomic mass is 16.6. The molecule has 80 valence electrons. The van der Waals surface area contributed by atoms with Gasteiger partial charge in [-0.2, -0.15) is 0 Å². The molecule has 0 spiro atoms. The molecule has 15 heavy (non-hydrogen) atoms. The van der Waals surface area contributed by atoms with E-state index in [1.165, 1.54) is 5.56 Å². The van der Waals surface area contributed by atoms with Crippen LogP contribution in [0.1, 0.15) is 24.8 Å². The number of hydrogen-bond acceptors (Lipinski definition) is 2. The van der Waals surface area contributed by atoms with Gasteiger partial charge in [-0.25, -0.2) is 0 Å². The highest BCUT2D eigenvalue weighted by molar-refractivity contribution is 5.20. The molecular weight excluding hydrogens is 188 g/mol. The van der Waals surface area contributed by atoms with Crippen molar-refractivity contribution in [1.29, 1.82) is 0 Å². The van der Waals surface area contributed by atoms with Gasteiger partial charge in [0.2, 0.25) is 0 Å². The van der Waals surface area contributed by atoms with Gasteiger partial charge in [-0.1, -0.05) is 37.3 Å². The number of epoxide rings is 1. The van der Waals surface area contributed by atoms with Crippen LogP contribution in [-0.4, -0.2) is 24.9 Å². The Balaban J connectivity index is 1.71. The maximum absolute atomic E-state index is 5.82. The van der Waals surface area contributed by atoms with Gasteiger partial charge in [0.05, 0.1) is 18.8 Å². The molecule has 2 heterocycles. The van der Waals surface area contributed by atoms with Gasteiger partial charge < -0.3 is 9.47 Å². The Morgan fingerprint density at radius 1 is 1.20 bits per heavy atom. The maximum atomic E-state index is 5.82. The fraction of sp³-hybridized carbons (Fsp3) is 0.538. The summed E-state index contributed by atoms with van der Waals surface area (Å²) in [5, 5.41) is 0. The van der Waals surface area contributed by atoms with Crippen LogP contribution in [0.4, 0.5) is 0 Å². The second kappa shape index (κ2) is 3.62. The molecule has 0 saturated carbocycles. The smallest absolute Gasteiger partial charge is 0.108 e. The van der Waals surface area contributed by atoms with E-state index in [9.17, 15) is 0 Å². The Labute approximate surface area is 90.2 Å². The molecule has 2 aliphatic heterocycles. The highest BCUT2D eigenvalue weighted by Gasteiger charge is 2.46. The van der Waals surface area contributed by atoms with E-state index in [2.05, 4.69) is 37.3 Å². The molecule has 0 aromatic heterocycles. The van der Waals surface area contributed by atoms with Crippen molar-refractivity contribution in [3.8, 4) is 0 Å². The summed E-state index contributed by atoms with van der Waals surface area (Å²) in [5.74, 6) is 0.469. The number of hydrogen-bond donors (Lipinski definition) is 0. The SMILES string of the molecule is C[C@@H](c1ccccc1)[C@H]1CC2O[C@@H]2CO1. The Bertz CT molecular complexity index is 336. The third kappa shape index (κ3) is 1.80. The van der Waals surface area contributed by atoms with E-state index in [0.29, 0.717) is 24.2 Å². The summed E-state index contributed by atoms with van der Waals surface area (Å²) in [5.41, 5.74) is 1.36. The van der Waals surface area contributed by atoms with E-state index in [-0.39, 0.29) is 0 Å². The van der Waals surface area contributed by atoms with E-state index >= 15 is 0 Å². The van der Waals surface area contributed by atoms with Crippen LogP contribution in [0.15, 0.2) is 30.3 Å². The average Bonchev–Trinajstić information content (AvgIpc) is 3.07. The molecule has 1 aromatic carbocycles. The maximum Gasteiger partial charge on any atom is 0.108 e.